The second-order valence-electron chi connectivity index (χ2n) is 2.02. The minimum Gasteiger partial charge on any atom is -0.444 e. The normalized spacial score (nSPS) is 27.5. The second kappa shape index (κ2) is 4.55. The maximum Gasteiger partial charge on any atom is 0.408 e. The maximum atomic E-state index is 10.4. The number of amides is 1. The van der Waals surface area contributed by atoms with Gasteiger partial charge in [0, 0.05) is 0 Å². The minimum atomic E-state index is -0.354. The first-order valence-corrected chi connectivity index (χ1v) is 3.33. The zero-order valence-electron chi connectivity index (χ0n) is 6.67. The van der Waals surface area contributed by atoms with Crippen LogP contribution in [0.2, 0.25) is 0 Å². The van der Waals surface area contributed by atoms with Crippen LogP contribution in [-0.2, 0) is 4.74 Å². The molecule has 1 aliphatic heterocycles. The predicted molar refractivity (Wildman–Crippen MR) is 44.3 cm³/mol. The molecule has 3 heteroatoms. The zero-order valence-corrected chi connectivity index (χ0v) is 6.67. The van der Waals surface area contributed by atoms with Gasteiger partial charge in [0.25, 0.3) is 0 Å². The summed E-state index contributed by atoms with van der Waals surface area (Å²) < 4.78 is 4.74. The van der Waals surface area contributed by atoms with Crippen molar-refractivity contribution < 1.29 is 9.53 Å². The molecule has 0 aromatic carbocycles. The van der Waals surface area contributed by atoms with Crippen LogP contribution in [-0.4, -0.2) is 18.2 Å². The Morgan fingerprint density at radius 2 is 2.18 bits per heavy atom. The number of cyclic esters (lactones) is 1. The number of carbonyl (C=O) groups is 1. The lowest BCUT2D eigenvalue weighted by Gasteiger charge is -2.04. The fraction of sp³-hybridized carbons (Fsp3) is 0.375. The predicted octanol–water partition coefficient (Wildman–Crippen LogP) is 1.47. The number of carbonyl (C=O) groups excluding carboxylic acids is 1. The smallest absolute Gasteiger partial charge is 0.408 e. The SMILES string of the molecule is C=C.C=CC1NC(=O)OC1C. The summed E-state index contributed by atoms with van der Waals surface area (Å²) >= 11 is 0. The first-order valence-electron chi connectivity index (χ1n) is 3.33. The number of alkyl carbamates (subject to hydrolysis) is 1. The van der Waals surface area contributed by atoms with Gasteiger partial charge in [0.15, 0.2) is 0 Å². The van der Waals surface area contributed by atoms with Crippen LogP contribution >= 0.6 is 0 Å². The molecule has 2 unspecified atom stereocenters. The third kappa shape index (κ3) is 2.45. The highest BCUT2D eigenvalue weighted by Gasteiger charge is 2.27. The Bertz CT molecular complexity index is 156. The highest BCUT2D eigenvalue weighted by molar-refractivity contribution is 5.70. The van der Waals surface area contributed by atoms with Gasteiger partial charge < -0.3 is 10.1 Å². The number of nitrogens with one attached hydrogen (secondary N) is 1. The van der Waals surface area contributed by atoms with Crippen molar-refractivity contribution in [3.05, 3.63) is 25.8 Å². The van der Waals surface area contributed by atoms with E-state index in [1.807, 2.05) is 6.92 Å². The van der Waals surface area contributed by atoms with Crippen LogP contribution in [0.4, 0.5) is 4.79 Å². The van der Waals surface area contributed by atoms with Crippen molar-refractivity contribution >= 4 is 6.09 Å². The van der Waals surface area contributed by atoms with Crippen LogP contribution in [0.25, 0.3) is 0 Å². The molecule has 0 spiro atoms. The lowest BCUT2D eigenvalue weighted by atomic mass is 10.2. The topological polar surface area (TPSA) is 38.3 Å². The molecule has 0 saturated carbocycles. The van der Waals surface area contributed by atoms with Crippen molar-refractivity contribution in [2.75, 3.05) is 0 Å². The second-order valence-corrected chi connectivity index (χ2v) is 2.02. The molecule has 1 heterocycles. The molecular weight excluding hydrogens is 142 g/mol. The summed E-state index contributed by atoms with van der Waals surface area (Å²) in [5, 5.41) is 2.57. The summed E-state index contributed by atoms with van der Waals surface area (Å²) in [6.45, 7) is 11.4. The van der Waals surface area contributed by atoms with Crippen molar-refractivity contribution in [2.45, 2.75) is 19.1 Å². The minimum absolute atomic E-state index is 0.0162. The van der Waals surface area contributed by atoms with Gasteiger partial charge in [0.2, 0.25) is 0 Å². The quantitative estimate of drug-likeness (QED) is 0.582. The first kappa shape index (κ1) is 9.75. The number of hydrogen-bond acceptors (Lipinski definition) is 2. The Morgan fingerprint density at radius 1 is 1.64 bits per heavy atom. The number of ether oxygens (including phenoxy) is 1. The van der Waals surface area contributed by atoms with Crippen LogP contribution in [0.1, 0.15) is 6.92 Å². The molecule has 1 aliphatic rings. The molecule has 0 aromatic heterocycles. The van der Waals surface area contributed by atoms with Crippen LogP contribution in [0.3, 0.4) is 0 Å². The molecule has 0 radical (unpaired) electrons. The summed E-state index contributed by atoms with van der Waals surface area (Å²) in [6, 6.07) is -0.0162. The fourth-order valence-corrected chi connectivity index (χ4v) is 0.780. The Kier molecular flexibility index (Phi) is 4.03. The summed E-state index contributed by atoms with van der Waals surface area (Å²) in [5.74, 6) is 0. The zero-order chi connectivity index (χ0) is 8.85. The highest BCUT2D eigenvalue weighted by Crippen LogP contribution is 2.07. The molecule has 1 saturated heterocycles. The largest absolute Gasteiger partial charge is 0.444 e. The van der Waals surface area contributed by atoms with Crippen LogP contribution in [0.5, 0.6) is 0 Å². The molecule has 0 aliphatic carbocycles. The van der Waals surface area contributed by atoms with Gasteiger partial charge in [0.05, 0.1) is 6.04 Å². The molecule has 2 atom stereocenters. The van der Waals surface area contributed by atoms with Gasteiger partial charge in [-0.05, 0) is 6.92 Å². The molecule has 1 N–H and O–H groups in total. The molecule has 1 rings (SSSR count). The van der Waals surface area contributed by atoms with Gasteiger partial charge in [-0.1, -0.05) is 6.08 Å². The maximum absolute atomic E-state index is 10.4. The molecule has 1 fully saturated rings. The Labute approximate surface area is 66.7 Å². The fourth-order valence-electron chi connectivity index (χ4n) is 0.780. The Morgan fingerprint density at radius 3 is 2.36 bits per heavy atom. The molecule has 62 valence electrons. The standard InChI is InChI=1S/C6H9NO2.C2H4/c1-3-5-4(2)9-6(8)7-5;1-2/h3-5H,1H2,2H3,(H,7,8);1-2H2. The van der Waals surface area contributed by atoms with E-state index in [1.54, 1.807) is 6.08 Å². The van der Waals surface area contributed by atoms with E-state index in [1.165, 1.54) is 0 Å². The van der Waals surface area contributed by atoms with Crippen molar-refractivity contribution in [3.8, 4) is 0 Å². The van der Waals surface area contributed by atoms with E-state index < -0.39 is 0 Å². The molecule has 11 heavy (non-hydrogen) atoms. The van der Waals surface area contributed by atoms with Gasteiger partial charge in [-0.15, -0.1) is 19.7 Å². The van der Waals surface area contributed by atoms with Crippen LogP contribution in [0, 0.1) is 0 Å². The van der Waals surface area contributed by atoms with Crippen molar-refractivity contribution in [2.24, 2.45) is 0 Å². The van der Waals surface area contributed by atoms with E-state index in [-0.39, 0.29) is 18.2 Å². The van der Waals surface area contributed by atoms with E-state index in [2.05, 4.69) is 25.1 Å². The average Bonchev–Trinajstić information content (AvgIpc) is 2.33. The lowest BCUT2D eigenvalue weighted by Crippen LogP contribution is -2.26. The van der Waals surface area contributed by atoms with Crippen LogP contribution in [0.15, 0.2) is 25.8 Å². The summed E-state index contributed by atoms with van der Waals surface area (Å²) in [5.41, 5.74) is 0. The third-order valence-electron chi connectivity index (χ3n) is 1.34. The van der Waals surface area contributed by atoms with Crippen molar-refractivity contribution in [1.29, 1.82) is 0 Å². The Balaban J connectivity index is 0.000000461. The molecule has 0 aromatic rings. The third-order valence-corrected chi connectivity index (χ3v) is 1.34. The first-order chi connectivity index (χ1) is 5.24. The summed E-state index contributed by atoms with van der Waals surface area (Å²) in [6.07, 6.45) is 1.23. The molecular formula is C8H13NO2. The Hall–Kier alpha value is -1.25. The van der Waals surface area contributed by atoms with Crippen molar-refractivity contribution in [1.82, 2.24) is 5.32 Å². The average molecular weight is 155 g/mol. The van der Waals surface area contributed by atoms with E-state index in [9.17, 15) is 4.79 Å². The van der Waals surface area contributed by atoms with Gasteiger partial charge in [0.1, 0.15) is 6.10 Å². The molecule has 0 bridgehead atoms. The van der Waals surface area contributed by atoms with Gasteiger partial charge in [-0.2, -0.15) is 0 Å². The van der Waals surface area contributed by atoms with Gasteiger partial charge in [-0.25, -0.2) is 4.79 Å². The summed E-state index contributed by atoms with van der Waals surface area (Å²) in [4.78, 5) is 10.4. The van der Waals surface area contributed by atoms with Gasteiger partial charge >= 0.3 is 6.09 Å². The van der Waals surface area contributed by atoms with E-state index in [4.69, 9.17) is 4.74 Å². The lowest BCUT2D eigenvalue weighted by molar-refractivity contribution is 0.144. The molecule has 3 nitrogen and oxygen atoms in total. The van der Waals surface area contributed by atoms with E-state index in [0.29, 0.717) is 0 Å². The van der Waals surface area contributed by atoms with Crippen LogP contribution < -0.4 is 5.32 Å². The van der Waals surface area contributed by atoms with E-state index >= 15 is 0 Å². The monoisotopic (exact) mass is 155 g/mol. The summed E-state index contributed by atoms with van der Waals surface area (Å²) in [7, 11) is 0. The highest BCUT2D eigenvalue weighted by atomic mass is 16.6. The number of rotatable bonds is 1. The van der Waals surface area contributed by atoms with E-state index in [0.717, 1.165) is 0 Å². The van der Waals surface area contributed by atoms with Crippen molar-refractivity contribution in [3.63, 3.8) is 0 Å². The number of hydrogen-bond donors (Lipinski definition) is 1. The van der Waals surface area contributed by atoms with Gasteiger partial charge in [-0.3, -0.25) is 0 Å². The molecule has 1 amide bonds.